The molecule has 2 heterocycles. The number of aromatic amines is 1. The van der Waals surface area contributed by atoms with Gasteiger partial charge < -0.3 is 15.4 Å². The maximum Gasteiger partial charge on any atom is 0.182 e. The van der Waals surface area contributed by atoms with Crippen molar-refractivity contribution in [3.63, 3.8) is 0 Å². The third kappa shape index (κ3) is 1.89. The zero-order chi connectivity index (χ0) is 10.7. The number of fused-ring (bicyclic) bond motifs is 1. The third-order valence-electron chi connectivity index (χ3n) is 2.28. The first-order valence-corrected chi connectivity index (χ1v) is 4.86. The van der Waals surface area contributed by atoms with E-state index in [-0.39, 0.29) is 12.6 Å². The molecule has 1 atom stereocenters. The fourth-order valence-electron chi connectivity index (χ4n) is 1.34. The number of nitrogens with zero attached hydrogens (tertiary/aromatic N) is 3. The van der Waals surface area contributed by atoms with Gasteiger partial charge in [0.25, 0.3) is 0 Å². The predicted octanol–water partition coefficient (Wildman–Crippen LogP) is 0.536. The van der Waals surface area contributed by atoms with Crippen molar-refractivity contribution in [3.8, 4) is 0 Å². The molecule has 0 radical (unpaired) electrons. The van der Waals surface area contributed by atoms with Gasteiger partial charge in [-0.25, -0.2) is 15.0 Å². The Hall–Kier alpha value is -1.69. The monoisotopic (exact) mass is 207 g/mol. The van der Waals surface area contributed by atoms with E-state index >= 15 is 0 Å². The second kappa shape index (κ2) is 4.22. The summed E-state index contributed by atoms with van der Waals surface area (Å²) in [5, 5.41) is 12.2. The van der Waals surface area contributed by atoms with Gasteiger partial charge in [0.2, 0.25) is 0 Å². The SMILES string of the molecule is CC[C@@H](CO)Nc1ncnc2nc[nH]c12. The van der Waals surface area contributed by atoms with Crippen LogP contribution >= 0.6 is 0 Å². The molecule has 0 saturated carbocycles. The summed E-state index contributed by atoms with van der Waals surface area (Å²) in [6, 6.07) is 0.00593. The zero-order valence-electron chi connectivity index (χ0n) is 8.44. The Bertz CT molecular complexity index is 437. The van der Waals surface area contributed by atoms with E-state index in [1.54, 1.807) is 6.33 Å². The number of hydrogen-bond acceptors (Lipinski definition) is 5. The highest BCUT2D eigenvalue weighted by atomic mass is 16.3. The smallest absolute Gasteiger partial charge is 0.182 e. The van der Waals surface area contributed by atoms with Crippen LogP contribution < -0.4 is 5.32 Å². The molecule has 0 saturated heterocycles. The fourth-order valence-corrected chi connectivity index (χ4v) is 1.34. The van der Waals surface area contributed by atoms with Gasteiger partial charge in [-0.2, -0.15) is 0 Å². The molecule has 0 bridgehead atoms. The van der Waals surface area contributed by atoms with Crippen molar-refractivity contribution < 1.29 is 5.11 Å². The number of nitrogens with one attached hydrogen (secondary N) is 2. The van der Waals surface area contributed by atoms with E-state index < -0.39 is 0 Å². The van der Waals surface area contributed by atoms with Crippen LogP contribution in [-0.2, 0) is 0 Å². The van der Waals surface area contributed by atoms with Gasteiger partial charge in [-0.15, -0.1) is 0 Å². The van der Waals surface area contributed by atoms with E-state index in [9.17, 15) is 0 Å². The van der Waals surface area contributed by atoms with Crippen LogP contribution in [0.3, 0.4) is 0 Å². The Balaban J connectivity index is 2.30. The van der Waals surface area contributed by atoms with Crippen LogP contribution in [0.1, 0.15) is 13.3 Å². The van der Waals surface area contributed by atoms with E-state index in [0.29, 0.717) is 11.5 Å². The van der Waals surface area contributed by atoms with E-state index in [1.165, 1.54) is 6.33 Å². The molecule has 15 heavy (non-hydrogen) atoms. The second-order valence-electron chi connectivity index (χ2n) is 3.26. The summed E-state index contributed by atoms with van der Waals surface area (Å²) >= 11 is 0. The summed E-state index contributed by atoms with van der Waals surface area (Å²) in [6.07, 6.45) is 3.86. The zero-order valence-corrected chi connectivity index (χ0v) is 8.44. The number of anilines is 1. The number of aliphatic hydroxyl groups excluding tert-OH is 1. The lowest BCUT2D eigenvalue weighted by molar-refractivity contribution is 0.271. The standard InChI is InChI=1S/C9H13N5O/c1-2-6(3-15)14-9-7-8(11-4-10-7)12-5-13-9/h4-6,15H,2-3H2,1H3,(H2,10,11,12,13,14)/t6-/m0/s1. The maximum absolute atomic E-state index is 9.08. The van der Waals surface area contributed by atoms with Crippen molar-refractivity contribution in [2.24, 2.45) is 0 Å². The second-order valence-corrected chi connectivity index (χ2v) is 3.26. The highest BCUT2D eigenvalue weighted by molar-refractivity contribution is 5.82. The molecule has 6 nitrogen and oxygen atoms in total. The summed E-state index contributed by atoms with van der Waals surface area (Å²) in [6.45, 7) is 2.08. The van der Waals surface area contributed by atoms with Crippen LogP contribution in [0.5, 0.6) is 0 Å². The van der Waals surface area contributed by atoms with Crippen molar-refractivity contribution in [2.75, 3.05) is 11.9 Å². The van der Waals surface area contributed by atoms with Crippen molar-refractivity contribution in [1.29, 1.82) is 0 Å². The summed E-state index contributed by atoms with van der Waals surface area (Å²) in [4.78, 5) is 15.1. The van der Waals surface area contributed by atoms with Crippen LogP contribution in [0, 0.1) is 0 Å². The Labute approximate surface area is 86.8 Å². The van der Waals surface area contributed by atoms with Gasteiger partial charge in [-0.3, -0.25) is 0 Å². The molecular formula is C9H13N5O. The summed E-state index contributed by atoms with van der Waals surface area (Å²) in [5.74, 6) is 0.679. The Morgan fingerprint density at radius 2 is 2.33 bits per heavy atom. The van der Waals surface area contributed by atoms with E-state index in [4.69, 9.17) is 5.11 Å². The maximum atomic E-state index is 9.08. The van der Waals surface area contributed by atoms with E-state index in [0.717, 1.165) is 11.9 Å². The Morgan fingerprint density at radius 3 is 3.07 bits per heavy atom. The van der Waals surface area contributed by atoms with Gasteiger partial charge in [0.15, 0.2) is 11.5 Å². The van der Waals surface area contributed by atoms with Crippen LogP contribution in [-0.4, -0.2) is 37.7 Å². The molecule has 2 aromatic rings. The molecule has 0 amide bonds. The average molecular weight is 207 g/mol. The lowest BCUT2D eigenvalue weighted by atomic mass is 10.2. The molecule has 2 rings (SSSR count). The molecule has 0 aliphatic carbocycles. The van der Waals surface area contributed by atoms with Crippen LogP contribution in [0.2, 0.25) is 0 Å². The van der Waals surface area contributed by atoms with Gasteiger partial charge in [-0.1, -0.05) is 6.92 Å². The lowest BCUT2D eigenvalue weighted by Crippen LogP contribution is -2.23. The van der Waals surface area contributed by atoms with Gasteiger partial charge >= 0.3 is 0 Å². The molecule has 6 heteroatoms. The molecule has 0 aliphatic heterocycles. The minimum atomic E-state index is 0.00593. The van der Waals surface area contributed by atoms with Crippen molar-refractivity contribution in [1.82, 2.24) is 19.9 Å². The van der Waals surface area contributed by atoms with Gasteiger partial charge in [0, 0.05) is 0 Å². The number of imidazole rings is 1. The largest absolute Gasteiger partial charge is 0.394 e. The van der Waals surface area contributed by atoms with E-state index in [2.05, 4.69) is 25.3 Å². The first kappa shape index (κ1) is 9.85. The lowest BCUT2D eigenvalue weighted by Gasteiger charge is -2.14. The fraction of sp³-hybridized carbons (Fsp3) is 0.444. The van der Waals surface area contributed by atoms with Crippen molar-refractivity contribution in [3.05, 3.63) is 12.7 Å². The molecule has 0 unspecified atom stereocenters. The van der Waals surface area contributed by atoms with E-state index in [1.807, 2.05) is 6.92 Å². The molecule has 80 valence electrons. The van der Waals surface area contributed by atoms with Crippen molar-refractivity contribution >= 4 is 17.0 Å². The number of aliphatic hydroxyl groups is 1. The highest BCUT2D eigenvalue weighted by Crippen LogP contribution is 2.15. The van der Waals surface area contributed by atoms with Crippen molar-refractivity contribution in [2.45, 2.75) is 19.4 Å². The average Bonchev–Trinajstić information content (AvgIpc) is 2.74. The van der Waals surface area contributed by atoms with Crippen LogP contribution in [0.25, 0.3) is 11.2 Å². The highest BCUT2D eigenvalue weighted by Gasteiger charge is 2.09. The topological polar surface area (TPSA) is 86.7 Å². The number of rotatable bonds is 4. The minimum absolute atomic E-state index is 0.00593. The summed E-state index contributed by atoms with van der Waals surface area (Å²) < 4.78 is 0. The third-order valence-corrected chi connectivity index (χ3v) is 2.28. The number of hydrogen-bond donors (Lipinski definition) is 3. The van der Waals surface area contributed by atoms with Gasteiger partial charge in [-0.05, 0) is 6.42 Å². The molecular weight excluding hydrogens is 194 g/mol. The number of H-pyrrole nitrogens is 1. The molecule has 0 fully saturated rings. The molecule has 3 N–H and O–H groups in total. The first-order chi connectivity index (χ1) is 7.35. The normalized spacial score (nSPS) is 12.9. The summed E-state index contributed by atoms with van der Waals surface area (Å²) in [5.41, 5.74) is 1.39. The molecule has 2 aromatic heterocycles. The minimum Gasteiger partial charge on any atom is -0.394 e. The van der Waals surface area contributed by atoms with Crippen LogP contribution in [0.15, 0.2) is 12.7 Å². The van der Waals surface area contributed by atoms with Crippen LogP contribution in [0.4, 0.5) is 5.82 Å². The number of aromatic nitrogens is 4. The molecule has 0 spiro atoms. The molecule has 0 aliphatic rings. The predicted molar refractivity (Wildman–Crippen MR) is 56.5 cm³/mol. The Morgan fingerprint density at radius 1 is 1.47 bits per heavy atom. The molecule has 0 aromatic carbocycles. The quantitative estimate of drug-likeness (QED) is 0.681. The summed E-state index contributed by atoms with van der Waals surface area (Å²) in [7, 11) is 0. The first-order valence-electron chi connectivity index (χ1n) is 4.86. The van der Waals surface area contributed by atoms with Gasteiger partial charge in [0.05, 0.1) is 19.0 Å². The van der Waals surface area contributed by atoms with Gasteiger partial charge in [0.1, 0.15) is 11.8 Å². The Kier molecular flexibility index (Phi) is 2.77.